The summed E-state index contributed by atoms with van der Waals surface area (Å²) < 4.78 is 0. The monoisotopic (exact) mass is 216 g/mol. The molecule has 2 unspecified atom stereocenters. The molecule has 5 heteroatoms. The summed E-state index contributed by atoms with van der Waals surface area (Å²) in [4.78, 5) is 21.8. The second-order valence-corrected chi connectivity index (χ2v) is 4.80. The first kappa shape index (κ1) is 13.9. The number of aliphatic carboxylic acids is 1. The van der Waals surface area contributed by atoms with E-state index in [-0.39, 0.29) is 17.9 Å². The molecule has 0 aliphatic heterocycles. The SMILES string of the molecule is CC(NC(=O)C(N)CC(=O)O)C(C)(C)C. The van der Waals surface area contributed by atoms with Gasteiger partial charge in [0.15, 0.2) is 0 Å². The van der Waals surface area contributed by atoms with Gasteiger partial charge in [-0.25, -0.2) is 0 Å². The number of nitrogens with one attached hydrogen (secondary N) is 1. The Morgan fingerprint density at radius 2 is 1.87 bits per heavy atom. The Balaban J connectivity index is 4.19. The van der Waals surface area contributed by atoms with Gasteiger partial charge in [-0.05, 0) is 12.3 Å². The molecule has 0 rings (SSSR count). The van der Waals surface area contributed by atoms with Gasteiger partial charge in [0.2, 0.25) is 5.91 Å². The predicted molar refractivity (Wildman–Crippen MR) is 57.3 cm³/mol. The molecule has 1 amide bonds. The minimum atomic E-state index is -1.07. The minimum absolute atomic E-state index is 0.0511. The third-order valence-corrected chi connectivity index (χ3v) is 2.39. The van der Waals surface area contributed by atoms with E-state index in [9.17, 15) is 9.59 Å². The minimum Gasteiger partial charge on any atom is -0.481 e. The van der Waals surface area contributed by atoms with Crippen LogP contribution in [0.3, 0.4) is 0 Å². The van der Waals surface area contributed by atoms with Crippen molar-refractivity contribution in [2.75, 3.05) is 0 Å². The summed E-state index contributed by atoms with van der Waals surface area (Å²) in [5, 5.41) is 11.2. The fraction of sp³-hybridized carbons (Fsp3) is 0.800. The van der Waals surface area contributed by atoms with Crippen LogP contribution in [0.1, 0.15) is 34.1 Å². The summed E-state index contributed by atoms with van der Waals surface area (Å²) in [6.45, 7) is 7.83. The molecule has 0 saturated heterocycles. The van der Waals surface area contributed by atoms with Crippen LogP contribution in [0, 0.1) is 5.41 Å². The van der Waals surface area contributed by atoms with Gasteiger partial charge in [-0.1, -0.05) is 20.8 Å². The van der Waals surface area contributed by atoms with Crippen molar-refractivity contribution >= 4 is 11.9 Å². The summed E-state index contributed by atoms with van der Waals surface area (Å²) in [5.74, 6) is -1.49. The van der Waals surface area contributed by atoms with Crippen LogP contribution in [0.25, 0.3) is 0 Å². The molecule has 4 N–H and O–H groups in total. The molecule has 88 valence electrons. The maximum atomic E-state index is 11.4. The normalized spacial score (nSPS) is 15.5. The van der Waals surface area contributed by atoms with E-state index >= 15 is 0 Å². The van der Waals surface area contributed by atoms with E-state index in [0.717, 1.165) is 0 Å². The number of nitrogens with two attached hydrogens (primary N) is 1. The van der Waals surface area contributed by atoms with Crippen molar-refractivity contribution in [2.24, 2.45) is 11.1 Å². The Labute approximate surface area is 90.0 Å². The number of rotatable bonds is 4. The van der Waals surface area contributed by atoms with Crippen LogP contribution < -0.4 is 11.1 Å². The summed E-state index contributed by atoms with van der Waals surface area (Å²) in [6, 6.07) is -1.03. The standard InChI is InChI=1S/C10H20N2O3/c1-6(10(2,3)4)12-9(15)7(11)5-8(13)14/h6-7H,5,11H2,1-4H3,(H,12,15)(H,13,14). The van der Waals surface area contributed by atoms with E-state index < -0.39 is 17.9 Å². The molecule has 0 aromatic carbocycles. The average molecular weight is 216 g/mol. The summed E-state index contributed by atoms with van der Waals surface area (Å²) in [6.07, 6.45) is -0.345. The smallest absolute Gasteiger partial charge is 0.305 e. The Morgan fingerprint density at radius 3 is 2.20 bits per heavy atom. The maximum Gasteiger partial charge on any atom is 0.305 e. The zero-order valence-corrected chi connectivity index (χ0v) is 9.70. The highest BCUT2D eigenvalue weighted by atomic mass is 16.4. The zero-order chi connectivity index (χ0) is 12.2. The molecular formula is C10H20N2O3. The number of carboxylic acids is 1. The number of carbonyl (C=O) groups is 2. The molecule has 15 heavy (non-hydrogen) atoms. The molecule has 0 heterocycles. The van der Waals surface area contributed by atoms with E-state index in [1.165, 1.54) is 0 Å². The molecule has 0 radical (unpaired) electrons. The van der Waals surface area contributed by atoms with Crippen LogP contribution in [0.4, 0.5) is 0 Å². The lowest BCUT2D eigenvalue weighted by Gasteiger charge is -2.28. The highest BCUT2D eigenvalue weighted by molar-refractivity contribution is 5.86. The van der Waals surface area contributed by atoms with Gasteiger partial charge in [0, 0.05) is 6.04 Å². The van der Waals surface area contributed by atoms with Crippen LogP contribution in [-0.4, -0.2) is 29.1 Å². The summed E-state index contributed by atoms with van der Waals surface area (Å²) >= 11 is 0. The van der Waals surface area contributed by atoms with E-state index in [2.05, 4.69) is 5.32 Å². The molecule has 0 fully saturated rings. The van der Waals surface area contributed by atoms with Crippen molar-refractivity contribution in [3.8, 4) is 0 Å². The lowest BCUT2D eigenvalue weighted by Crippen LogP contribution is -2.49. The fourth-order valence-corrected chi connectivity index (χ4v) is 0.818. The second-order valence-electron chi connectivity index (χ2n) is 4.80. The molecular weight excluding hydrogens is 196 g/mol. The number of carbonyl (C=O) groups excluding carboxylic acids is 1. The lowest BCUT2D eigenvalue weighted by molar-refractivity contribution is -0.139. The highest BCUT2D eigenvalue weighted by Crippen LogP contribution is 2.18. The maximum absolute atomic E-state index is 11.4. The van der Waals surface area contributed by atoms with Gasteiger partial charge >= 0.3 is 5.97 Å². The summed E-state index contributed by atoms with van der Waals surface area (Å²) in [5.41, 5.74) is 5.35. The van der Waals surface area contributed by atoms with Crippen molar-refractivity contribution in [3.63, 3.8) is 0 Å². The van der Waals surface area contributed by atoms with Gasteiger partial charge in [-0.15, -0.1) is 0 Å². The van der Waals surface area contributed by atoms with Crippen LogP contribution in [-0.2, 0) is 9.59 Å². The Hall–Kier alpha value is -1.10. The first-order valence-corrected chi connectivity index (χ1v) is 4.92. The van der Waals surface area contributed by atoms with Crippen molar-refractivity contribution in [1.82, 2.24) is 5.32 Å². The second kappa shape index (κ2) is 5.11. The fourth-order valence-electron chi connectivity index (χ4n) is 0.818. The summed E-state index contributed by atoms with van der Waals surface area (Å²) in [7, 11) is 0. The van der Waals surface area contributed by atoms with Crippen LogP contribution in [0.15, 0.2) is 0 Å². The van der Waals surface area contributed by atoms with Crippen LogP contribution in [0.2, 0.25) is 0 Å². The van der Waals surface area contributed by atoms with Gasteiger partial charge in [0.1, 0.15) is 0 Å². The third kappa shape index (κ3) is 5.37. The topological polar surface area (TPSA) is 92.4 Å². The number of amides is 1. The molecule has 0 bridgehead atoms. The highest BCUT2D eigenvalue weighted by Gasteiger charge is 2.24. The third-order valence-electron chi connectivity index (χ3n) is 2.39. The Morgan fingerprint density at radius 1 is 1.40 bits per heavy atom. The van der Waals surface area contributed by atoms with E-state index in [1.54, 1.807) is 0 Å². The average Bonchev–Trinajstić information content (AvgIpc) is 2.00. The Kier molecular flexibility index (Phi) is 4.74. The molecule has 0 aliphatic carbocycles. The first-order chi connectivity index (χ1) is 6.64. The largest absolute Gasteiger partial charge is 0.481 e. The molecule has 5 nitrogen and oxygen atoms in total. The number of carboxylic acid groups (broad SMARTS) is 1. The molecule has 0 aromatic rings. The van der Waals surface area contributed by atoms with Crippen molar-refractivity contribution < 1.29 is 14.7 Å². The molecule has 0 aliphatic rings. The van der Waals surface area contributed by atoms with Crippen molar-refractivity contribution in [3.05, 3.63) is 0 Å². The van der Waals surface area contributed by atoms with E-state index in [4.69, 9.17) is 10.8 Å². The number of hydrogen-bond acceptors (Lipinski definition) is 3. The van der Waals surface area contributed by atoms with Crippen molar-refractivity contribution in [2.45, 2.75) is 46.2 Å². The van der Waals surface area contributed by atoms with Crippen LogP contribution >= 0.6 is 0 Å². The van der Waals surface area contributed by atoms with Crippen molar-refractivity contribution in [1.29, 1.82) is 0 Å². The lowest BCUT2D eigenvalue weighted by atomic mass is 9.88. The van der Waals surface area contributed by atoms with Gasteiger partial charge in [-0.3, -0.25) is 9.59 Å². The van der Waals surface area contributed by atoms with Gasteiger partial charge < -0.3 is 16.2 Å². The van der Waals surface area contributed by atoms with E-state index in [0.29, 0.717) is 0 Å². The molecule has 2 atom stereocenters. The van der Waals surface area contributed by atoms with Gasteiger partial charge in [0.05, 0.1) is 12.5 Å². The molecule has 0 saturated carbocycles. The Bertz CT molecular complexity index is 246. The molecule has 0 aromatic heterocycles. The van der Waals surface area contributed by atoms with E-state index in [1.807, 2.05) is 27.7 Å². The molecule has 0 spiro atoms. The van der Waals surface area contributed by atoms with Crippen LogP contribution in [0.5, 0.6) is 0 Å². The first-order valence-electron chi connectivity index (χ1n) is 4.92. The zero-order valence-electron chi connectivity index (χ0n) is 9.70. The quantitative estimate of drug-likeness (QED) is 0.631. The van der Waals surface area contributed by atoms with Gasteiger partial charge in [-0.2, -0.15) is 0 Å². The number of hydrogen-bond donors (Lipinski definition) is 3. The predicted octanol–water partition coefficient (Wildman–Crippen LogP) is 0.339. The van der Waals surface area contributed by atoms with Gasteiger partial charge in [0.25, 0.3) is 0 Å².